The first-order valence-corrected chi connectivity index (χ1v) is 1.87. The second-order valence-electron chi connectivity index (χ2n) is 1.12. The molecule has 0 spiro atoms. The maximum Gasteiger partial charge on any atom is 1.00 e. The van der Waals surface area contributed by atoms with Crippen molar-refractivity contribution >= 4 is 5.97 Å². The summed E-state index contributed by atoms with van der Waals surface area (Å²) in [4.78, 5) is 13.1. The summed E-state index contributed by atoms with van der Waals surface area (Å²) in [7, 11) is 0. The van der Waals surface area contributed by atoms with Crippen molar-refractivity contribution in [3.63, 3.8) is 0 Å². The van der Waals surface area contributed by atoms with Gasteiger partial charge in [-0.15, -0.1) is 0 Å². The van der Waals surface area contributed by atoms with Gasteiger partial charge < -0.3 is 9.90 Å². The summed E-state index contributed by atoms with van der Waals surface area (Å²) in [6, 6.07) is 0. The van der Waals surface area contributed by atoms with E-state index in [4.69, 9.17) is 0 Å². The molecule has 1 heterocycles. The third kappa shape index (κ3) is 1.88. The van der Waals surface area contributed by atoms with Gasteiger partial charge in [-0.05, 0) is 0 Å². The van der Waals surface area contributed by atoms with Crippen molar-refractivity contribution in [2.45, 2.75) is 0 Å². The average molecular weight is 121 g/mol. The van der Waals surface area contributed by atoms with Gasteiger partial charge in [0.1, 0.15) is 12.3 Å². The maximum atomic E-state index is 9.82. The number of carbonyl (C=O) groups is 1. The van der Waals surface area contributed by atoms with Crippen molar-refractivity contribution in [1.82, 2.24) is 15.2 Å². The van der Waals surface area contributed by atoms with Crippen LogP contribution in [0.15, 0.2) is 6.33 Å². The van der Waals surface area contributed by atoms with Gasteiger partial charge in [-0.3, -0.25) is 5.10 Å². The van der Waals surface area contributed by atoms with Crippen molar-refractivity contribution in [1.29, 1.82) is 0 Å². The van der Waals surface area contributed by atoms with E-state index in [0.717, 1.165) is 6.33 Å². The Morgan fingerprint density at radius 3 is 2.67 bits per heavy atom. The van der Waals surface area contributed by atoms with Gasteiger partial charge in [-0.1, -0.05) is 0 Å². The number of H-pyrrole nitrogens is 1. The van der Waals surface area contributed by atoms with Crippen molar-refractivity contribution in [3.05, 3.63) is 12.2 Å². The summed E-state index contributed by atoms with van der Waals surface area (Å²) in [5.74, 6) is -1.59. The second-order valence-corrected chi connectivity index (χ2v) is 1.12. The van der Waals surface area contributed by atoms with Gasteiger partial charge in [0.25, 0.3) is 0 Å². The van der Waals surface area contributed by atoms with E-state index < -0.39 is 5.97 Å². The van der Waals surface area contributed by atoms with Crippen LogP contribution in [-0.2, 0) is 0 Å². The van der Waals surface area contributed by atoms with Crippen LogP contribution in [0.2, 0.25) is 0 Å². The van der Waals surface area contributed by atoms with Gasteiger partial charge in [0.05, 0.1) is 0 Å². The molecule has 0 aliphatic rings. The molecule has 0 aliphatic heterocycles. The van der Waals surface area contributed by atoms with E-state index in [1.165, 1.54) is 0 Å². The first-order valence-electron chi connectivity index (χ1n) is 1.87. The number of carboxylic acids is 1. The van der Waals surface area contributed by atoms with Crippen LogP contribution >= 0.6 is 0 Å². The van der Waals surface area contributed by atoms with E-state index >= 15 is 0 Å². The number of rotatable bonds is 1. The molecular weight excluding hydrogens is 119 g/mol. The normalized spacial score (nSPS) is 8.00. The monoisotopic (exact) mass is 121 g/mol. The van der Waals surface area contributed by atoms with Gasteiger partial charge in [0.2, 0.25) is 0 Å². The minimum Gasteiger partial charge on any atom is -0.542 e. The fourth-order valence-electron chi connectivity index (χ4n) is 0.304. The van der Waals surface area contributed by atoms with Gasteiger partial charge in [0, 0.05) is 0 Å². The Kier molecular flexibility index (Phi) is 2.99. The Hall–Kier alpha value is -0.793. The second kappa shape index (κ2) is 3.28. The smallest absolute Gasteiger partial charge is 0.542 e. The van der Waals surface area contributed by atoms with Crippen molar-refractivity contribution in [3.8, 4) is 0 Å². The van der Waals surface area contributed by atoms with Crippen LogP contribution in [0.1, 0.15) is 10.6 Å². The average Bonchev–Trinajstić information content (AvgIpc) is 2.12. The molecule has 6 heteroatoms. The zero-order chi connectivity index (χ0) is 5.98. The Morgan fingerprint density at radius 2 is 2.44 bits per heavy atom. The molecule has 0 saturated heterocycles. The molecule has 0 radical (unpaired) electrons. The Bertz CT molecular complexity index is 185. The number of aromatic carboxylic acids is 1. The molecular formula is C3H2LiN3O2. The van der Waals surface area contributed by atoms with Gasteiger partial charge in [-0.2, -0.15) is 5.10 Å². The van der Waals surface area contributed by atoms with Gasteiger partial charge in [-0.25, -0.2) is 4.98 Å². The molecule has 0 aromatic carbocycles. The molecule has 0 saturated carbocycles. The van der Waals surface area contributed by atoms with E-state index in [0.29, 0.717) is 0 Å². The number of hydrogen-bond acceptors (Lipinski definition) is 4. The van der Waals surface area contributed by atoms with Crippen LogP contribution < -0.4 is 24.0 Å². The fraction of sp³-hybridized carbons (Fsp3) is 0. The molecule has 0 fully saturated rings. The van der Waals surface area contributed by atoms with E-state index in [-0.39, 0.29) is 24.7 Å². The van der Waals surface area contributed by atoms with Crippen molar-refractivity contribution in [2.24, 2.45) is 0 Å². The number of aromatic nitrogens is 3. The molecule has 1 rings (SSSR count). The fourth-order valence-corrected chi connectivity index (χ4v) is 0.304. The summed E-state index contributed by atoms with van der Waals surface area (Å²) in [6.45, 7) is 0. The molecule has 0 unspecified atom stereocenters. The van der Waals surface area contributed by atoms with Crippen LogP contribution in [0.5, 0.6) is 0 Å². The largest absolute Gasteiger partial charge is 1.00 e. The molecule has 5 nitrogen and oxygen atoms in total. The Morgan fingerprint density at radius 1 is 1.78 bits per heavy atom. The van der Waals surface area contributed by atoms with Gasteiger partial charge in [0.15, 0.2) is 5.82 Å². The molecule has 0 atom stereocenters. The van der Waals surface area contributed by atoms with Crippen LogP contribution in [0.25, 0.3) is 0 Å². The summed E-state index contributed by atoms with van der Waals surface area (Å²) < 4.78 is 0. The first-order chi connectivity index (χ1) is 3.80. The third-order valence-electron chi connectivity index (χ3n) is 0.608. The standard InChI is InChI=1S/C3H3N3O2.Li/c7-3(8)2-4-1-5-6-2;/h1H,(H,7,8)(H,4,5,6);/q;+1/p-1/i3+2;. The summed E-state index contributed by atoms with van der Waals surface area (Å²) >= 11 is 0. The molecule has 42 valence electrons. The van der Waals surface area contributed by atoms with E-state index in [1.807, 2.05) is 0 Å². The van der Waals surface area contributed by atoms with Crippen LogP contribution in [0, 0.1) is 0 Å². The number of nitrogens with one attached hydrogen (secondary N) is 1. The summed E-state index contributed by atoms with van der Waals surface area (Å²) in [5, 5.41) is 15.2. The zero-order valence-corrected chi connectivity index (χ0v) is 4.79. The van der Waals surface area contributed by atoms with E-state index in [1.54, 1.807) is 0 Å². The quantitative estimate of drug-likeness (QED) is 0.378. The van der Waals surface area contributed by atoms with E-state index in [9.17, 15) is 9.90 Å². The minimum atomic E-state index is -1.34. The number of nitrogens with zero attached hydrogens (tertiary/aromatic N) is 2. The topological polar surface area (TPSA) is 81.7 Å². The summed E-state index contributed by atoms with van der Waals surface area (Å²) in [5.41, 5.74) is 0. The number of aromatic amines is 1. The zero-order valence-electron chi connectivity index (χ0n) is 4.79. The minimum absolute atomic E-state index is 0. The number of carbonyl (C=O) groups excluding carboxylic acids is 1. The maximum absolute atomic E-state index is 9.82. The molecule has 0 bridgehead atoms. The van der Waals surface area contributed by atoms with E-state index in [2.05, 4.69) is 15.2 Å². The molecule has 1 N–H and O–H groups in total. The number of carboxylic acid groups (broad SMARTS) is 1. The summed E-state index contributed by atoms with van der Waals surface area (Å²) in [6.07, 6.45) is 1.10. The van der Waals surface area contributed by atoms with Crippen LogP contribution in [0.3, 0.4) is 0 Å². The SMILES string of the molecule is O=[14C]([O-])c1ncn[nH]1.[Li+]. The van der Waals surface area contributed by atoms with Crippen molar-refractivity contribution < 1.29 is 28.8 Å². The van der Waals surface area contributed by atoms with Crippen LogP contribution in [0.4, 0.5) is 0 Å². The van der Waals surface area contributed by atoms with Crippen molar-refractivity contribution in [2.75, 3.05) is 0 Å². The molecule has 1 aromatic rings. The predicted molar refractivity (Wildman–Crippen MR) is 20.7 cm³/mol. The Balaban J connectivity index is 0.000000640. The first kappa shape index (κ1) is 8.21. The molecule has 0 aliphatic carbocycles. The Labute approximate surface area is 62.7 Å². The molecule has 0 amide bonds. The number of hydrogen-bond donors (Lipinski definition) is 1. The van der Waals surface area contributed by atoms with Gasteiger partial charge >= 0.3 is 18.9 Å². The molecule has 1 aromatic heterocycles. The third-order valence-corrected chi connectivity index (χ3v) is 0.608. The predicted octanol–water partition coefficient (Wildman–Crippen LogP) is -4.83. The van der Waals surface area contributed by atoms with Crippen LogP contribution in [-0.4, -0.2) is 21.2 Å². The molecule has 9 heavy (non-hydrogen) atoms.